The Bertz CT molecular complexity index is 469. The molecule has 1 heterocycles. The molecule has 3 heteroatoms. The molecule has 0 saturated heterocycles. The number of para-hydroxylation sites is 2. The van der Waals surface area contributed by atoms with Gasteiger partial charge in [0.2, 0.25) is 0 Å². The van der Waals surface area contributed by atoms with E-state index in [-0.39, 0.29) is 5.54 Å². The van der Waals surface area contributed by atoms with E-state index >= 15 is 0 Å². The lowest BCUT2D eigenvalue weighted by Gasteiger charge is -2.49. The minimum atomic E-state index is 0.0997. The van der Waals surface area contributed by atoms with Crippen molar-refractivity contribution in [3.05, 3.63) is 24.3 Å². The molecule has 110 valence electrons. The van der Waals surface area contributed by atoms with Crippen LogP contribution >= 0.6 is 0 Å². The summed E-state index contributed by atoms with van der Waals surface area (Å²) in [5.74, 6) is 0.885. The van der Waals surface area contributed by atoms with Crippen molar-refractivity contribution in [3.63, 3.8) is 0 Å². The van der Waals surface area contributed by atoms with E-state index in [0.717, 1.165) is 25.6 Å². The molecule has 0 bridgehead atoms. The predicted octanol–water partition coefficient (Wildman–Crippen LogP) is 2.85. The van der Waals surface area contributed by atoms with Crippen molar-refractivity contribution >= 4 is 11.4 Å². The molecule has 1 aliphatic carbocycles. The molecule has 2 aliphatic rings. The Labute approximate surface area is 122 Å². The molecule has 1 saturated carbocycles. The molecule has 1 atom stereocenters. The van der Waals surface area contributed by atoms with Crippen LogP contribution in [0.5, 0.6) is 0 Å². The van der Waals surface area contributed by atoms with Crippen molar-refractivity contribution in [2.24, 2.45) is 11.7 Å². The number of rotatable bonds is 4. The zero-order valence-corrected chi connectivity index (χ0v) is 12.8. The van der Waals surface area contributed by atoms with Gasteiger partial charge < -0.3 is 15.5 Å². The molecule has 1 fully saturated rings. The average Bonchev–Trinajstić information content (AvgIpc) is 2.43. The third-order valence-corrected chi connectivity index (χ3v) is 5.29. The van der Waals surface area contributed by atoms with E-state index in [0.29, 0.717) is 0 Å². The van der Waals surface area contributed by atoms with Crippen LogP contribution in [0.4, 0.5) is 11.4 Å². The Hall–Kier alpha value is -1.22. The predicted molar refractivity (Wildman–Crippen MR) is 86.5 cm³/mol. The van der Waals surface area contributed by atoms with Crippen LogP contribution in [-0.4, -0.2) is 32.2 Å². The molecule has 1 unspecified atom stereocenters. The lowest BCUT2D eigenvalue weighted by molar-refractivity contribution is 0.228. The summed E-state index contributed by atoms with van der Waals surface area (Å²) < 4.78 is 0. The Balaban J connectivity index is 1.89. The second kappa shape index (κ2) is 5.28. The zero-order chi connectivity index (χ0) is 14.2. The van der Waals surface area contributed by atoms with E-state index in [9.17, 15) is 0 Å². The van der Waals surface area contributed by atoms with Gasteiger partial charge in [-0.25, -0.2) is 0 Å². The first kappa shape index (κ1) is 13.7. The van der Waals surface area contributed by atoms with Gasteiger partial charge in [-0.1, -0.05) is 31.4 Å². The van der Waals surface area contributed by atoms with Crippen molar-refractivity contribution in [2.75, 3.05) is 36.5 Å². The van der Waals surface area contributed by atoms with E-state index in [1.165, 1.54) is 37.1 Å². The zero-order valence-electron chi connectivity index (χ0n) is 12.8. The van der Waals surface area contributed by atoms with E-state index < -0.39 is 0 Å². The van der Waals surface area contributed by atoms with E-state index in [1.807, 2.05) is 0 Å². The fraction of sp³-hybridized carbons (Fsp3) is 0.647. The maximum Gasteiger partial charge on any atom is 0.0609 e. The minimum Gasteiger partial charge on any atom is -0.371 e. The van der Waals surface area contributed by atoms with Crippen molar-refractivity contribution in [1.82, 2.24) is 0 Å². The highest BCUT2D eigenvalue weighted by atomic mass is 15.3. The van der Waals surface area contributed by atoms with Crippen LogP contribution in [0.15, 0.2) is 24.3 Å². The van der Waals surface area contributed by atoms with E-state index in [1.54, 1.807) is 0 Å². The summed E-state index contributed by atoms with van der Waals surface area (Å²) in [4.78, 5) is 4.92. The first-order valence-corrected chi connectivity index (χ1v) is 7.92. The van der Waals surface area contributed by atoms with Gasteiger partial charge in [0.25, 0.3) is 0 Å². The molecular formula is C17H27N3. The maximum atomic E-state index is 6.20. The number of hydrogen-bond donors (Lipinski definition) is 1. The van der Waals surface area contributed by atoms with Crippen molar-refractivity contribution in [1.29, 1.82) is 0 Å². The van der Waals surface area contributed by atoms with Gasteiger partial charge in [-0.3, -0.25) is 0 Å². The van der Waals surface area contributed by atoms with Crippen molar-refractivity contribution in [3.8, 4) is 0 Å². The van der Waals surface area contributed by atoms with Crippen LogP contribution in [0.1, 0.15) is 32.6 Å². The van der Waals surface area contributed by atoms with Crippen LogP contribution in [0.25, 0.3) is 0 Å². The first-order chi connectivity index (χ1) is 9.64. The molecule has 0 spiro atoms. The van der Waals surface area contributed by atoms with Gasteiger partial charge in [-0.05, 0) is 31.4 Å². The summed E-state index contributed by atoms with van der Waals surface area (Å²) in [6.45, 7) is 5.25. The number of anilines is 2. The van der Waals surface area contributed by atoms with Crippen LogP contribution in [0, 0.1) is 5.92 Å². The molecule has 3 nitrogen and oxygen atoms in total. The van der Waals surface area contributed by atoms with Crippen LogP contribution in [0.3, 0.4) is 0 Å². The second-order valence-corrected chi connectivity index (χ2v) is 6.76. The molecule has 1 aliphatic heterocycles. The standard InChI is InChI=1S/C17H27N3/c1-17(13-18,12-14-6-5-7-14)20-11-10-19(2)15-8-3-4-9-16(15)20/h3-4,8-9,14H,5-7,10-13,18H2,1-2H3. The average molecular weight is 273 g/mol. The fourth-order valence-electron chi connectivity index (χ4n) is 3.69. The topological polar surface area (TPSA) is 32.5 Å². The Morgan fingerprint density at radius 3 is 2.50 bits per heavy atom. The summed E-state index contributed by atoms with van der Waals surface area (Å²) in [5, 5.41) is 0. The quantitative estimate of drug-likeness (QED) is 0.915. The van der Waals surface area contributed by atoms with Crippen LogP contribution < -0.4 is 15.5 Å². The Morgan fingerprint density at radius 1 is 1.20 bits per heavy atom. The third kappa shape index (κ3) is 2.28. The highest BCUT2D eigenvalue weighted by molar-refractivity contribution is 5.74. The van der Waals surface area contributed by atoms with Gasteiger partial charge in [0, 0.05) is 32.2 Å². The molecule has 3 rings (SSSR count). The fourth-order valence-corrected chi connectivity index (χ4v) is 3.69. The minimum absolute atomic E-state index is 0.0997. The number of fused-ring (bicyclic) bond motifs is 1. The Morgan fingerprint density at radius 2 is 1.90 bits per heavy atom. The molecule has 20 heavy (non-hydrogen) atoms. The van der Waals surface area contributed by atoms with Crippen molar-refractivity contribution < 1.29 is 0 Å². The van der Waals surface area contributed by atoms with Crippen molar-refractivity contribution in [2.45, 2.75) is 38.1 Å². The molecule has 2 N–H and O–H groups in total. The van der Waals surface area contributed by atoms with Gasteiger partial charge in [0.15, 0.2) is 0 Å². The smallest absolute Gasteiger partial charge is 0.0609 e. The number of nitrogens with two attached hydrogens (primary N) is 1. The van der Waals surface area contributed by atoms with Gasteiger partial charge >= 0.3 is 0 Å². The third-order valence-electron chi connectivity index (χ3n) is 5.29. The first-order valence-electron chi connectivity index (χ1n) is 7.92. The lowest BCUT2D eigenvalue weighted by Crippen LogP contribution is -2.57. The summed E-state index contributed by atoms with van der Waals surface area (Å²) in [6.07, 6.45) is 5.43. The molecule has 1 aromatic carbocycles. The Kier molecular flexibility index (Phi) is 3.63. The monoisotopic (exact) mass is 273 g/mol. The lowest BCUT2D eigenvalue weighted by atomic mass is 9.75. The molecular weight excluding hydrogens is 246 g/mol. The number of hydrogen-bond acceptors (Lipinski definition) is 3. The van der Waals surface area contributed by atoms with Gasteiger partial charge in [-0.15, -0.1) is 0 Å². The number of benzene rings is 1. The highest BCUT2D eigenvalue weighted by Crippen LogP contribution is 2.41. The van der Waals surface area contributed by atoms with Crippen LogP contribution in [-0.2, 0) is 0 Å². The summed E-state index contributed by atoms with van der Waals surface area (Å²) in [5.41, 5.74) is 9.00. The summed E-state index contributed by atoms with van der Waals surface area (Å²) in [6, 6.07) is 8.75. The molecule has 1 aromatic rings. The molecule has 0 radical (unpaired) electrons. The van der Waals surface area contributed by atoms with Crippen LogP contribution in [0.2, 0.25) is 0 Å². The maximum absolute atomic E-state index is 6.20. The SMILES string of the molecule is CN1CCN(C(C)(CN)CC2CCC2)c2ccccc21. The molecule has 0 aromatic heterocycles. The number of likely N-dealkylation sites (N-methyl/N-ethyl adjacent to an activating group) is 1. The van der Waals surface area contributed by atoms with E-state index in [4.69, 9.17) is 5.73 Å². The summed E-state index contributed by atoms with van der Waals surface area (Å²) >= 11 is 0. The summed E-state index contributed by atoms with van der Waals surface area (Å²) in [7, 11) is 2.18. The second-order valence-electron chi connectivity index (χ2n) is 6.76. The largest absolute Gasteiger partial charge is 0.371 e. The van der Waals surface area contributed by atoms with Gasteiger partial charge in [0.1, 0.15) is 0 Å². The molecule has 0 amide bonds. The highest BCUT2D eigenvalue weighted by Gasteiger charge is 2.37. The number of nitrogens with zero attached hydrogens (tertiary/aromatic N) is 2. The normalized spacial score (nSPS) is 22.1. The van der Waals surface area contributed by atoms with Gasteiger partial charge in [-0.2, -0.15) is 0 Å². The van der Waals surface area contributed by atoms with E-state index in [2.05, 4.69) is 48.0 Å². The van der Waals surface area contributed by atoms with Gasteiger partial charge in [0.05, 0.1) is 11.4 Å².